The molecule has 0 radical (unpaired) electrons. The largest absolute Gasteiger partial charge is 0.452 e. The van der Waals surface area contributed by atoms with Crippen molar-refractivity contribution in [3.05, 3.63) is 69.3 Å². The molecule has 0 saturated carbocycles. The van der Waals surface area contributed by atoms with Crippen LogP contribution in [0.1, 0.15) is 15.9 Å². The zero-order valence-corrected chi connectivity index (χ0v) is 12.9. The molecule has 0 atom stereocenters. The number of nitro benzene ring substituents is 1. The fourth-order valence-electron chi connectivity index (χ4n) is 1.92. The Bertz CT molecular complexity index is 854. The first kappa shape index (κ1) is 18.0. The predicted octanol–water partition coefficient (Wildman–Crippen LogP) is 2.98. The van der Waals surface area contributed by atoms with E-state index in [1.807, 2.05) is 0 Å². The number of carbonyl (C=O) groups is 2. The molecule has 0 aliphatic heterocycles. The number of halogens is 2. The maximum atomic E-state index is 13.4. The molecule has 0 bridgehead atoms. The number of ether oxygens (including phenoxy) is 1. The average Bonchev–Trinajstić information content (AvgIpc) is 2.55. The van der Waals surface area contributed by atoms with Crippen LogP contribution in [0.2, 0.25) is 0 Å². The van der Waals surface area contributed by atoms with Gasteiger partial charge in [-0.1, -0.05) is 6.07 Å². The molecule has 0 saturated heterocycles. The zero-order valence-electron chi connectivity index (χ0n) is 12.9. The Morgan fingerprint density at radius 1 is 1.20 bits per heavy atom. The highest BCUT2D eigenvalue weighted by Gasteiger charge is 2.17. The van der Waals surface area contributed by atoms with Crippen LogP contribution in [0.4, 0.5) is 20.2 Å². The van der Waals surface area contributed by atoms with Gasteiger partial charge in [-0.3, -0.25) is 14.9 Å². The lowest BCUT2D eigenvalue weighted by molar-refractivity contribution is -0.385. The minimum Gasteiger partial charge on any atom is -0.452 e. The molecule has 1 amide bonds. The van der Waals surface area contributed by atoms with E-state index in [1.54, 1.807) is 0 Å². The number of nitrogens with one attached hydrogen (secondary N) is 1. The number of amides is 1. The standard InChI is InChI=1S/C16H12F2N2O5/c1-9-2-3-10(6-14(9)20(23)24)16(22)25-8-15(21)19-13-5-4-11(17)7-12(13)18/h2-7H,8H2,1H3,(H,19,21). The third-order valence-electron chi connectivity index (χ3n) is 3.18. The van der Waals surface area contributed by atoms with Gasteiger partial charge in [-0.05, 0) is 25.1 Å². The molecule has 25 heavy (non-hydrogen) atoms. The number of nitrogens with zero attached hydrogens (tertiary/aromatic N) is 1. The van der Waals surface area contributed by atoms with Gasteiger partial charge in [0.05, 0.1) is 16.2 Å². The first-order valence-electron chi connectivity index (χ1n) is 6.95. The highest BCUT2D eigenvalue weighted by atomic mass is 19.1. The van der Waals surface area contributed by atoms with Crippen molar-refractivity contribution in [2.45, 2.75) is 6.92 Å². The van der Waals surface area contributed by atoms with E-state index in [9.17, 15) is 28.5 Å². The summed E-state index contributed by atoms with van der Waals surface area (Å²) in [5, 5.41) is 13.0. The third kappa shape index (κ3) is 4.56. The van der Waals surface area contributed by atoms with Crippen LogP contribution in [0, 0.1) is 28.7 Å². The minimum absolute atomic E-state index is 0.0990. The van der Waals surface area contributed by atoms with Gasteiger partial charge < -0.3 is 10.1 Å². The number of esters is 1. The molecule has 7 nitrogen and oxygen atoms in total. The molecule has 0 aliphatic carbocycles. The second-order valence-corrected chi connectivity index (χ2v) is 5.01. The van der Waals surface area contributed by atoms with Crippen molar-refractivity contribution in [3.63, 3.8) is 0 Å². The molecule has 0 aliphatic rings. The first-order valence-corrected chi connectivity index (χ1v) is 6.95. The highest BCUT2D eigenvalue weighted by Crippen LogP contribution is 2.20. The van der Waals surface area contributed by atoms with Crippen LogP contribution in [-0.2, 0) is 9.53 Å². The SMILES string of the molecule is Cc1ccc(C(=O)OCC(=O)Nc2ccc(F)cc2F)cc1[N+](=O)[O-]. The second-order valence-electron chi connectivity index (χ2n) is 5.01. The van der Waals surface area contributed by atoms with Crippen LogP contribution in [0.5, 0.6) is 0 Å². The number of carbonyl (C=O) groups excluding carboxylic acids is 2. The number of hydrogen-bond donors (Lipinski definition) is 1. The Kier molecular flexibility index (Phi) is 5.38. The summed E-state index contributed by atoms with van der Waals surface area (Å²) >= 11 is 0. The smallest absolute Gasteiger partial charge is 0.338 e. The van der Waals surface area contributed by atoms with Gasteiger partial charge in [-0.2, -0.15) is 0 Å². The Morgan fingerprint density at radius 2 is 1.92 bits per heavy atom. The summed E-state index contributed by atoms with van der Waals surface area (Å²) < 4.78 is 30.9. The molecule has 130 valence electrons. The lowest BCUT2D eigenvalue weighted by atomic mass is 10.1. The molecule has 1 N–H and O–H groups in total. The van der Waals surface area contributed by atoms with E-state index in [0.29, 0.717) is 11.6 Å². The van der Waals surface area contributed by atoms with E-state index in [1.165, 1.54) is 19.1 Å². The van der Waals surface area contributed by atoms with Crippen molar-refractivity contribution >= 4 is 23.3 Å². The fraction of sp³-hybridized carbons (Fsp3) is 0.125. The van der Waals surface area contributed by atoms with Gasteiger partial charge in [0.25, 0.3) is 11.6 Å². The second kappa shape index (κ2) is 7.47. The number of rotatable bonds is 5. The molecule has 0 aromatic heterocycles. The Hall–Kier alpha value is -3.36. The molecule has 0 fully saturated rings. The van der Waals surface area contributed by atoms with Gasteiger partial charge in [0.2, 0.25) is 0 Å². The lowest BCUT2D eigenvalue weighted by Crippen LogP contribution is -2.21. The van der Waals surface area contributed by atoms with Gasteiger partial charge in [-0.25, -0.2) is 13.6 Å². The van der Waals surface area contributed by atoms with E-state index in [-0.39, 0.29) is 16.9 Å². The monoisotopic (exact) mass is 350 g/mol. The molecule has 2 aromatic carbocycles. The van der Waals surface area contributed by atoms with Gasteiger partial charge >= 0.3 is 5.97 Å². The summed E-state index contributed by atoms with van der Waals surface area (Å²) in [6.07, 6.45) is 0. The fourth-order valence-corrected chi connectivity index (χ4v) is 1.92. The van der Waals surface area contributed by atoms with Crippen LogP contribution in [0.15, 0.2) is 36.4 Å². The van der Waals surface area contributed by atoms with Gasteiger partial charge in [0, 0.05) is 17.7 Å². The zero-order chi connectivity index (χ0) is 18.6. The van der Waals surface area contributed by atoms with Gasteiger partial charge in [-0.15, -0.1) is 0 Å². The Labute approximate surface area is 140 Å². The van der Waals surface area contributed by atoms with Crippen molar-refractivity contribution in [1.29, 1.82) is 0 Å². The van der Waals surface area contributed by atoms with Crippen molar-refractivity contribution in [3.8, 4) is 0 Å². The van der Waals surface area contributed by atoms with E-state index >= 15 is 0 Å². The lowest BCUT2D eigenvalue weighted by Gasteiger charge is -2.08. The van der Waals surface area contributed by atoms with Crippen molar-refractivity contribution in [2.24, 2.45) is 0 Å². The molecule has 2 aromatic rings. The molecular formula is C16H12F2N2O5. The number of benzene rings is 2. The number of aryl methyl sites for hydroxylation is 1. The summed E-state index contributed by atoms with van der Waals surface area (Å²) in [5.41, 5.74) is -0.259. The maximum absolute atomic E-state index is 13.4. The number of hydrogen-bond acceptors (Lipinski definition) is 5. The molecular weight excluding hydrogens is 338 g/mol. The van der Waals surface area contributed by atoms with Crippen molar-refractivity contribution in [1.82, 2.24) is 0 Å². The van der Waals surface area contributed by atoms with Gasteiger partial charge in [0.1, 0.15) is 11.6 Å². The van der Waals surface area contributed by atoms with E-state index < -0.39 is 35.0 Å². The number of anilines is 1. The minimum atomic E-state index is -0.978. The maximum Gasteiger partial charge on any atom is 0.338 e. The predicted molar refractivity (Wildman–Crippen MR) is 83.1 cm³/mol. The molecule has 9 heteroatoms. The Balaban J connectivity index is 1.98. The normalized spacial score (nSPS) is 10.2. The summed E-state index contributed by atoms with van der Waals surface area (Å²) in [6.45, 7) is 0.773. The quantitative estimate of drug-likeness (QED) is 0.508. The van der Waals surface area contributed by atoms with Crippen LogP contribution < -0.4 is 5.32 Å². The molecule has 0 heterocycles. The Morgan fingerprint density at radius 3 is 2.56 bits per heavy atom. The summed E-state index contributed by atoms with van der Waals surface area (Å²) in [4.78, 5) is 33.7. The average molecular weight is 350 g/mol. The van der Waals surface area contributed by atoms with Crippen LogP contribution in [-0.4, -0.2) is 23.4 Å². The summed E-state index contributed by atoms with van der Waals surface area (Å²) in [7, 11) is 0. The topological polar surface area (TPSA) is 98.5 Å². The summed E-state index contributed by atoms with van der Waals surface area (Å²) in [6, 6.07) is 6.30. The van der Waals surface area contributed by atoms with Crippen LogP contribution in [0.3, 0.4) is 0 Å². The van der Waals surface area contributed by atoms with Crippen molar-refractivity contribution in [2.75, 3.05) is 11.9 Å². The first-order chi connectivity index (χ1) is 11.8. The van der Waals surface area contributed by atoms with E-state index in [2.05, 4.69) is 5.32 Å². The number of nitro groups is 1. The van der Waals surface area contributed by atoms with Crippen molar-refractivity contribution < 1.29 is 28.0 Å². The third-order valence-corrected chi connectivity index (χ3v) is 3.18. The molecule has 2 rings (SSSR count). The van der Waals surface area contributed by atoms with E-state index in [0.717, 1.165) is 18.2 Å². The van der Waals surface area contributed by atoms with Crippen LogP contribution >= 0.6 is 0 Å². The molecule has 0 unspecified atom stereocenters. The molecule has 0 spiro atoms. The highest BCUT2D eigenvalue weighted by molar-refractivity contribution is 5.95. The van der Waals surface area contributed by atoms with Crippen LogP contribution in [0.25, 0.3) is 0 Å². The van der Waals surface area contributed by atoms with E-state index in [4.69, 9.17) is 4.74 Å². The summed E-state index contributed by atoms with van der Waals surface area (Å²) in [5.74, 6) is -3.57. The van der Waals surface area contributed by atoms with Gasteiger partial charge in [0.15, 0.2) is 6.61 Å².